The van der Waals surface area contributed by atoms with E-state index in [4.69, 9.17) is 15.4 Å². The highest BCUT2D eigenvalue weighted by Gasteiger charge is 2.35. The highest BCUT2D eigenvalue weighted by Crippen LogP contribution is 2.29. The van der Waals surface area contributed by atoms with Gasteiger partial charge in [-0.15, -0.1) is 0 Å². The first-order valence-electron chi connectivity index (χ1n) is 5.27. The molecular formula is C9H11N5O4. The summed E-state index contributed by atoms with van der Waals surface area (Å²) in [5.74, 6) is 0. The zero-order valence-electron chi connectivity index (χ0n) is 9.26. The molecule has 0 aliphatic carbocycles. The lowest BCUT2D eigenvalue weighted by atomic mass is 10.1. The number of aliphatic hydroxyl groups is 1. The lowest BCUT2D eigenvalue weighted by molar-refractivity contribution is -0.0270. The summed E-state index contributed by atoms with van der Waals surface area (Å²) in [5.41, 5.74) is 7.29. The van der Waals surface area contributed by atoms with Gasteiger partial charge in [0.1, 0.15) is 6.23 Å². The van der Waals surface area contributed by atoms with Crippen LogP contribution >= 0.6 is 0 Å². The second kappa shape index (κ2) is 5.05. The van der Waals surface area contributed by atoms with Gasteiger partial charge in [-0.1, -0.05) is 5.11 Å². The Balaban J connectivity index is 2.28. The van der Waals surface area contributed by atoms with Crippen molar-refractivity contribution in [2.45, 2.75) is 24.8 Å². The van der Waals surface area contributed by atoms with E-state index < -0.39 is 29.6 Å². The minimum atomic E-state index is -0.665. The second-order valence-corrected chi connectivity index (χ2v) is 3.84. The molecule has 2 N–H and O–H groups in total. The van der Waals surface area contributed by atoms with Gasteiger partial charge in [-0.2, -0.15) is 0 Å². The van der Waals surface area contributed by atoms with Crippen molar-refractivity contribution in [2.24, 2.45) is 5.11 Å². The second-order valence-electron chi connectivity index (χ2n) is 3.84. The Morgan fingerprint density at radius 2 is 2.44 bits per heavy atom. The summed E-state index contributed by atoms with van der Waals surface area (Å²) >= 11 is 0. The largest absolute Gasteiger partial charge is 0.394 e. The number of azide groups is 1. The van der Waals surface area contributed by atoms with Gasteiger partial charge < -0.3 is 9.84 Å². The molecule has 0 radical (unpaired) electrons. The smallest absolute Gasteiger partial charge is 0.330 e. The van der Waals surface area contributed by atoms with Crippen molar-refractivity contribution >= 4 is 0 Å². The van der Waals surface area contributed by atoms with Crippen LogP contribution in [0, 0.1) is 0 Å². The molecule has 18 heavy (non-hydrogen) atoms. The molecule has 0 bridgehead atoms. The van der Waals surface area contributed by atoms with Crippen molar-refractivity contribution in [2.75, 3.05) is 6.61 Å². The number of hydrogen-bond acceptors (Lipinski definition) is 5. The van der Waals surface area contributed by atoms with Gasteiger partial charge in [0.2, 0.25) is 0 Å². The average molecular weight is 253 g/mol. The molecule has 0 saturated carbocycles. The molecule has 1 unspecified atom stereocenters. The quantitative estimate of drug-likeness (QED) is 0.426. The van der Waals surface area contributed by atoms with E-state index in [1.807, 2.05) is 0 Å². The maximum atomic E-state index is 11.5. The molecule has 1 fully saturated rings. The maximum absolute atomic E-state index is 11.5. The number of hydrogen-bond donors (Lipinski definition) is 2. The standard InChI is InChI=1S/C9H11N5O4/c10-13-12-5-3-8(18-6(5)4-15)14-2-1-7(16)11-9(14)17/h1-2,5-6,8,15H,3-4H2,(H,11,16,17)/t5?,6-,8-/m1/s1. The normalized spacial score (nSPS) is 26.8. The van der Waals surface area contributed by atoms with E-state index in [1.165, 1.54) is 16.8 Å². The Kier molecular flexibility index (Phi) is 3.47. The third kappa shape index (κ3) is 2.28. The van der Waals surface area contributed by atoms with E-state index in [1.54, 1.807) is 0 Å². The summed E-state index contributed by atoms with van der Waals surface area (Å²) in [6.07, 6.45) is 0.256. The molecule has 9 heteroatoms. The van der Waals surface area contributed by atoms with Crippen LogP contribution in [0.15, 0.2) is 27.0 Å². The van der Waals surface area contributed by atoms with Gasteiger partial charge in [0.05, 0.1) is 18.8 Å². The fourth-order valence-corrected chi connectivity index (χ4v) is 1.89. The van der Waals surface area contributed by atoms with Crippen LogP contribution in [0.3, 0.4) is 0 Å². The summed E-state index contributed by atoms with van der Waals surface area (Å²) in [6, 6.07) is 0.656. The molecule has 96 valence electrons. The van der Waals surface area contributed by atoms with E-state index in [0.717, 1.165) is 0 Å². The lowest BCUT2D eigenvalue weighted by Crippen LogP contribution is -2.31. The first-order chi connectivity index (χ1) is 8.65. The molecule has 1 aromatic heterocycles. The Morgan fingerprint density at radius 3 is 3.06 bits per heavy atom. The van der Waals surface area contributed by atoms with Crippen LogP contribution < -0.4 is 11.2 Å². The number of rotatable bonds is 3. The van der Waals surface area contributed by atoms with Gasteiger partial charge in [0, 0.05) is 23.6 Å². The number of aromatic nitrogens is 2. The summed E-state index contributed by atoms with van der Waals surface area (Å²) in [7, 11) is 0. The van der Waals surface area contributed by atoms with Gasteiger partial charge in [0.25, 0.3) is 5.56 Å². The van der Waals surface area contributed by atoms with E-state index in [0.29, 0.717) is 0 Å². The van der Waals surface area contributed by atoms with Crippen LogP contribution in [0.1, 0.15) is 12.6 Å². The summed E-state index contributed by atoms with van der Waals surface area (Å²) in [6.45, 7) is -0.307. The monoisotopic (exact) mass is 253 g/mol. The Bertz CT molecular complexity index is 587. The van der Waals surface area contributed by atoms with Crippen molar-refractivity contribution in [3.05, 3.63) is 43.5 Å². The lowest BCUT2D eigenvalue weighted by Gasteiger charge is -2.13. The molecule has 1 aliphatic heterocycles. The fraction of sp³-hybridized carbons (Fsp3) is 0.556. The van der Waals surface area contributed by atoms with Gasteiger partial charge in [0.15, 0.2) is 0 Å². The van der Waals surface area contributed by atoms with Crippen LogP contribution in [0.4, 0.5) is 0 Å². The molecule has 1 saturated heterocycles. The van der Waals surface area contributed by atoms with Crippen LogP contribution in [0.2, 0.25) is 0 Å². The summed E-state index contributed by atoms with van der Waals surface area (Å²) in [4.78, 5) is 27.2. The van der Waals surface area contributed by atoms with Gasteiger partial charge in [-0.05, 0) is 5.53 Å². The van der Waals surface area contributed by atoms with E-state index >= 15 is 0 Å². The molecule has 1 aliphatic rings. The van der Waals surface area contributed by atoms with E-state index in [9.17, 15) is 9.59 Å². The van der Waals surface area contributed by atoms with Gasteiger partial charge in [-0.25, -0.2) is 4.79 Å². The molecule has 0 spiro atoms. The highest BCUT2D eigenvalue weighted by molar-refractivity contribution is 4.90. The minimum Gasteiger partial charge on any atom is -0.394 e. The fourth-order valence-electron chi connectivity index (χ4n) is 1.89. The van der Waals surface area contributed by atoms with Crippen molar-refractivity contribution in [1.29, 1.82) is 0 Å². The minimum absolute atomic E-state index is 0.265. The molecule has 2 heterocycles. The predicted molar refractivity (Wildman–Crippen MR) is 59.9 cm³/mol. The van der Waals surface area contributed by atoms with Gasteiger partial charge in [-0.3, -0.25) is 14.3 Å². The molecule has 0 aromatic carbocycles. The average Bonchev–Trinajstić information content (AvgIpc) is 2.72. The number of ether oxygens (including phenoxy) is 1. The topological polar surface area (TPSA) is 133 Å². The Labute approximate surface area is 100 Å². The third-order valence-electron chi connectivity index (χ3n) is 2.75. The van der Waals surface area contributed by atoms with E-state index in [2.05, 4.69) is 15.0 Å². The first-order valence-corrected chi connectivity index (χ1v) is 5.27. The highest BCUT2D eigenvalue weighted by atomic mass is 16.5. The number of nitrogens with zero attached hydrogens (tertiary/aromatic N) is 4. The molecule has 9 nitrogen and oxygen atoms in total. The Hall–Kier alpha value is -2.09. The summed E-state index contributed by atoms with van der Waals surface area (Å²) < 4.78 is 6.60. The predicted octanol–water partition coefficient (Wildman–Crippen LogP) is -0.505. The van der Waals surface area contributed by atoms with E-state index in [-0.39, 0.29) is 13.0 Å². The van der Waals surface area contributed by atoms with Gasteiger partial charge >= 0.3 is 5.69 Å². The SMILES string of the molecule is [N-]=[N+]=NC1C[C@H](n2ccc(=O)[nH]c2=O)O[C@@H]1CO. The van der Waals surface area contributed by atoms with Crippen molar-refractivity contribution in [1.82, 2.24) is 9.55 Å². The third-order valence-corrected chi connectivity index (χ3v) is 2.75. The molecule has 0 amide bonds. The van der Waals surface area contributed by atoms with Crippen LogP contribution in [0.5, 0.6) is 0 Å². The molecule has 2 rings (SSSR count). The molecule has 3 atom stereocenters. The summed E-state index contributed by atoms with van der Waals surface area (Å²) in [5, 5.41) is 12.6. The maximum Gasteiger partial charge on any atom is 0.330 e. The zero-order chi connectivity index (χ0) is 13.1. The van der Waals surface area contributed by atoms with Crippen molar-refractivity contribution in [3.63, 3.8) is 0 Å². The first kappa shape index (κ1) is 12.4. The van der Waals surface area contributed by atoms with Crippen molar-refractivity contribution in [3.8, 4) is 0 Å². The number of aromatic amines is 1. The van der Waals surface area contributed by atoms with Crippen LogP contribution in [0.25, 0.3) is 10.4 Å². The molecular weight excluding hydrogens is 242 g/mol. The van der Waals surface area contributed by atoms with Crippen LogP contribution in [-0.2, 0) is 4.74 Å². The number of nitrogens with one attached hydrogen (secondary N) is 1. The zero-order valence-corrected chi connectivity index (χ0v) is 9.26. The van der Waals surface area contributed by atoms with Crippen LogP contribution in [-0.4, -0.2) is 33.4 Å². The van der Waals surface area contributed by atoms with Crippen molar-refractivity contribution < 1.29 is 9.84 Å². The number of H-pyrrole nitrogens is 1. The Morgan fingerprint density at radius 1 is 1.67 bits per heavy atom. The molecule has 1 aromatic rings. The number of aliphatic hydroxyl groups excluding tert-OH is 1.